The number of ether oxygens (including phenoxy) is 4. The summed E-state index contributed by atoms with van der Waals surface area (Å²) in [5.41, 5.74) is 1.75. The molecule has 0 spiro atoms. The lowest BCUT2D eigenvalue weighted by molar-refractivity contribution is -0.139. The summed E-state index contributed by atoms with van der Waals surface area (Å²) in [5, 5.41) is 10.0. The number of aromatic hydroxyl groups is 1. The van der Waals surface area contributed by atoms with E-state index in [2.05, 4.69) is 4.99 Å². The van der Waals surface area contributed by atoms with Gasteiger partial charge in [0.2, 0.25) is 0 Å². The molecular formula is C27H28N2O7S. The summed E-state index contributed by atoms with van der Waals surface area (Å²) < 4.78 is 23.6. The minimum atomic E-state index is -0.781. The molecule has 0 radical (unpaired) electrons. The summed E-state index contributed by atoms with van der Waals surface area (Å²) >= 11 is 1.21. The highest BCUT2D eigenvalue weighted by Gasteiger charge is 2.33. The van der Waals surface area contributed by atoms with E-state index in [1.54, 1.807) is 50.3 Å². The minimum Gasteiger partial charge on any atom is -0.504 e. The monoisotopic (exact) mass is 524 g/mol. The number of benzene rings is 2. The van der Waals surface area contributed by atoms with Gasteiger partial charge in [-0.05, 0) is 62.2 Å². The molecule has 194 valence electrons. The summed E-state index contributed by atoms with van der Waals surface area (Å²) in [4.78, 5) is 31.9. The van der Waals surface area contributed by atoms with Crippen molar-refractivity contribution in [2.45, 2.75) is 26.8 Å². The van der Waals surface area contributed by atoms with Crippen molar-refractivity contribution in [1.29, 1.82) is 0 Å². The maximum Gasteiger partial charge on any atom is 0.338 e. The number of nitrogens with zero attached hydrogens (tertiary/aromatic N) is 2. The largest absolute Gasteiger partial charge is 0.504 e. The van der Waals surface area contributed by atoms with Crippen LogP contribution in [0.3, 0.4) is 0 Å². The molecule has 1 aliphatic heterocycles. The van der Waals surface area contributed by atoms with E-state index < -0.39 is 12.0 Å². The first-order chi connectivity index (χ1) is 17.8. The summed E-state index contributed by atoms with van der Waals surface area (Å²) in [6, 6.07) is 9.35. The number of esters is 1. The number of fused-ring (bicyclic) bond motifs is 1. The number of carbonyl (C=O) groups excluding carboxylic acids is 1. The van der Waals surface area contributed by atoms with Crippen LogP contribution < -0.4 is 29.1 Å². The molecule has 2 aromatic carbocycles. The number of hydrogen-bond acceptors (Lipinski definition) is 9. The molecule has 9 nitrogen and oxygen atoms in total. The Labute approximate surface area is 217 Å². The van der Waals surface area contributed by atoms with Crippen molar-refractivity contribution in [1.82, 2.24) is 4.57 Å². The third kappa shape index (κ3) is 4.97. The lowest BCUT2D eigenvalue weighted by Gasteiger charge is -2.25. The van der Waals surface area contributed by atoms with E-state index in [1.807, 2.05) is 6.92 Å². The highest BCUT2D eigenvalue weighted by atomic mass is 32.1. The highest BCUT2D eigenvalue weighted by molar-refractivity contribution is 7.07. The van der Waals surface area contributed by atoms with E-state index in [9.17, 15) is 14.7 Å². The van der Waals surface area contributed by atoms with Gasteiger partial charge in [-0.3, -0.25) is 9.36 Å². The first kappa shape index (κ1) is 26.0. The van der Waals surface area contributed by atoms with Crippen molar-refractivity contribution in [2.24, 2.45) is 4.99 Å². The van der Waals surface area contributed by atoms with Gasteiger partial charge in [0.1, 0.15) is 0 Å². The molecule has 0 fully saturated rings. The Hall–Kier alpha value is -4.05. The van der Waals surface area contributed by atoms with E-state index in [-0.39, 0.29) is 23.5 Å². The molecule has 1 aromatic heterocycles. The maximum atomic E-state index is 13.8. The topological polar surface area (TPSA) is 109 Å². The number of methoxy groups -OCH3 is 2. The molecule has 37 heavy (non-hydrogen) atoms. The van der Waals surface area contributed by atoms with Gasteiger partial charge < -0.3 is 24.1 Å². The van der Waals surface area contributed by atoms with Crippen LogP contribution in [0.2, 0.25) is 0 Å². The van der Waals surface area contributed by atoms with Crippen LogP contribution in [-0.2, 0) is 9.53 Å². The van der Waals surface area contributed by atoms with Crippen LogP contribution in [0.1, 0.15) is 37.9 Å². The Balaban J connectivity index is 1.94. The van der Waals surface area contributed by atoms with E-state index in [4.69, 9.17) is 18.9 Å². The smallest absolute Gasteiger partial charge is 0.338 e. The summed E-state index contributed by atoms with van der Waals surface area (Å²) in [6.07, 6.45) is 1.71. The average Bonchev–Trinajstić information content (AvgIpc) is 3.19. The van der Waals surface area contributed by atoms with Crippen LogP contribution >= 0.6 is 11.3 Å². The first-order valence-electron chi connectivity index (χ1n) is 11.7. The second kappa shape index (κ2) is 10.9. The van der Waals surface area contributed by atoms with Crippen molar-refractivity contribution in [3.8, 4) is 23.0 Å². The molecule has 1 atom stereocenters. The van der Waals surface area contributed by atoms with Crippen molar-refractivity contribution in [3.63, 3.8) is 0 Å². The minimum absolute atomic E-state index is 0.0172. The number of hydrogen-bond donors (Lipinski definition) is 1. The molecule has 3 aromatic rings. The first-order valence-corrected chi connectivity index (χ1v) is 12.5. The van der Waals surface area contributed by atoms with E-state index in [0.717, 1.165) is 0 Å². The van der Waals surface area contributed by atoms with Crippen LogP contribution in [0.5, 0.6) is 23.0 Å². The Kier molecular flexibility index (Phi) is 7.68. The van der Waals surface area contributed by atoms with Crippen molar-refractivity contribution in [2.75, 3.05) is 27.4 Å². The Bertz CT molecular complexity index is 1550. The quantitative estimate of drug-likeness (QED) is 0.452. The van der Waals surface area contributed by atoms with Gasteiger partial charge in [0.15, 0.2) is 27.8 Å². The van der Waals surface area contributed by atoms with Gasteiger partial charge in [0.25, 0.3) is 5.56 Å². The summed E-state index contributed by atoms with van der Waals surface area (Å²) in [7, 11) is 3.06. The molecule has 4 rings (SSSR count). The molecular weight excluding hydrogens is 496 g/mol. The fraction of sp³-hybridized carbons (Fsp3) is 0.296. The van der Waals surface area contributed by atoms with Gasteiger partial charge in [-0.15, -0.1) is 0 Å². The van der Waals surface area contributed by atoms with Gasteiger partial charge in [0, 0.05) is 0 Å². The maximum absolute atomic E-state index is 13.8. The van der Waals surface area contributed by atoms with Gasteiger partial charge >= 0.3 is 5.97 Å². The van der Waals surface area contributed by atoms with E-state index in [0.29, 0.717) is 50.0 Å². The fourth-order valence-corrected chi connectivity index (χ4v) is 5.22. The average molecular weight is 525 g/mol. The summed E-state index contributed by atoms with van der Waals surface area (Å²) in [6.45, 7) is 5.85. The molecule has 10 heteroatoms. The highest BCUT2D eigenvalue weighted by Crippen LogP contribution is 2.36. The van der Waals surface area contributed by atoms with Crippen molar-refractivity contribution in [3.05, 3.63) is 78.5 Å². The van der Waals surface area contributed by atoms with E-state index in [1.165, 1.54) is 36.2 Å². The standard InChI is InChI=1S/C27H28N2O7S/c1-6-35-20-12-16(8-10-18(20)30)13-22-25(31)29-24(17-9-11-19(33-4)21(14-17)34-5)23(26(32)36-7-2)15(3)28-27(29)37-22/h8-14,24,30H,6-7H2,1-5H3/b22-13-/t24-/m1/s1. The molecule has 1 aliphatic rings. The number of thiazole rings is 1. The number of phenols is 1. The van der Waals surface area contributed by atoms with Gasteiger partial charge in [-0.25, -0.2) is 9.79 Å². The third-order valence-electron chi connectivity index (χ3n) is 5.82. The summed E-state index contributed by atoms with van der Waals surface area (Å²) in [5.74, 6) is 0.788. The number of aromatic nitrogens is 1. The normalized spacial score (nSPS) is 15.2. The van der Waals surface area contributed by atoms with Gasteiger partial charge in [0.05, 0.1) is 49.3 Å². The molecule has 0 unspecified atom stereocenters. The molecule has 0 saturated heterocycles. The Morgan fingerprint density at radius 3 is 2.51 bits per heavy atom. The zero-order valence-electron chi connectivity index (χ0n) is 21.2. The molecule has 1 N–H and O–H groups in total. The third-order valence-corrected chi connectivity index (χ3v) is 6.80. The second-order valence-corrected chi connectivity index (χ2v) is 9.09. The number of allylic oxidation sites excluding steroid dienone is 1. The predicted molar refractivity (Wildman–Crippen MR) is 139 cm³/mol. The van der Waals surface area contributed by atoms with E-state index >= 15 is 0 Å². The number of rotatable bonds is 8. The molecule has 0 amide bonds. The Morgan fingerprint density at radius 2 is 1.84 bits per heavy atom. The Morgan fingerprint density at radius 1 is 1.08 bits per heavy atom. The van der Waals surface area contributed by atoms with Crippen LogP contribution in [-0.4, -0.2) is 43.1 Å². The number of carbonyl (C=O) groups is 1. The van der Waals surface area contributed by atoms with Gasteiger partial charge in [-0.1, -0.05) is 23.5 Å². The van der Waals surface area contributed by atoms with Crippen LogP contribution in [0.25, 0.3) is 6.08 Å². The van der Waals surface area contributed by atoms with Crippen LogP contribution in [0.4, 0.5) is 0 Å². The van der Waals surface area contributed by atoms with Crippen molar-refractivity contribution >= 4 is 23.4 Å². The van der Waals surface area contributed by atoms with Crippen LogP contribution in [0, 0.1) is 0 Å². The molecule has 0 saturated carbocycles. The predicted octanol–water partition coefficient (Wildman–Crippen LogP) is 2.92. The lowest BCUT2D eigenvalue weighted by atomic mass is 9.95. The van der Waals surface area contributed by atoms with Crippen LogP contribution in [0.15, 0.2) is 57.5 Å². The molecule has 0 aliphatic carbocycles. The van der Waals surface area contributed by atoms with Gasteiger partial charge in [-0.2, -0.15) is 0 Å². The van der Waals surface area contributed by atoms with Crippen molar-refractivity contribution < 1.29 is 28.8 Å². The SMILES string of the molecule is CCOC(=O)C1=C(C)N=c2s/c(=C\c3ccc(O)c(OCC)c3)c(=O)n2[C@@H]1c1ccc(OC)c(OC)c1. The lowest BCUT2D eigenvalue weighted by Crippen LogP contribution is -2.39. The molecule has 0 bridgehead atoms. The zero-order chi connectivity index (χ0) is 26.7. The second-order valence-electron chi connectivity index (χ2n) is 8.08. The number of phenolic OH excluding ortho intramolecular Hbond substituents is 1. The fourth-order valence-electron chi connectivity index (χ4n) is 4.17. The zero-order valence-corrected chi connectivity index (χ0v) is 22.0. The molecule has 2 heterocycles.